The summed E-state index contributed by atoms with van der Waals surface area (Å²) in [5.74, 6) is -0.558. The highest BCUT2D eigenvalue weighted by Gasteiger charge is 2.21. The van der Waals surface area contributed by atoms with Gasteiger partial charge in [-0.2, -0.15) is 0 Å². The summed E-state index contributed by atoms with van der Waals surface area (Å²) >= 11 is 3.65. The molecule has 0 heterocycles. The second-order valence-corrected chi connectivity index (χ2v) is 4.45. The summed E-state index contributed by atoms with van der Waals surface area (Å²) in [6, 6.07) is 3.23. The third kappa shape index (κ3) is 2.09. The number of benzene rings is 1. The molecule has 0 amide bonds. The molecule has 0 saturated carbocycles. The van der Waals surface area contributed by atoms with Crippen molar-refractivity contribution in [1.82, 2.24) is 0 Å². The van der Waals surface area contributed by atoms with Crippen LogP contribution < -0.4 is 5.46 Å². The van der Waals surface area contributed by atoms with E-state index in [1.54, 1.807) is 34.7 Å². The normalized spacial score (nSPS) is 10.1. The zero-order chi connectivity index (χ0) is 9.30. The third-order valence-corrected chi connectivity index (χ3v) is 3.11. The van der Waals surface area contributed by atoms with Gasteiger partial charge in [0.1, 0.15) is 5.82 Å². The van der Waals surface area contributed by atoms with E-state index in [2.05, 4.69) is 0 Å². The van der Waals surface area contributed by atoms with E-state index in [9.17, 15) is 4.39 Å². The Labute approximate surface area is 96.6 Å². The highest BCUT2D eigenvalue weighted by atomic mass is 127. The van der Waals surface area contributed by atoms with Gasteiger partial charge in [0.15, 0.2) is 0 Å². The molecule has 0 radical (unpaired) electrons. The van der Waals surface area contributed by atoms with Crippen molar-refractivity contribution in [2.75, 3.05) is 0 Å². The summed E-state index contributed by atoms with van der Waals surface area (Å²) < 4.78 is 14.1. The van der Waals surface area contributed by atoms with E-state index in [0.29, 0.717) is 7.14 Å². The standard InChI is InChI=1S/C6H4BFI2O2/c8-6-4(10)2-1-3(9)5(6)7(11)12/h1-2,11-12H. The van der Waals surface area contributed by atoms with E-state index >= 15 is 0 Å². The molecular formula is C6H4BFI2O2. The van der Waals surface area contributed by atoms with Crippen LogP contribution in [-0.2, 0) is 0 Å². The Morgan fingerprint density at radius 3 is 2.08 bits per heavy atom. The molecule has 1 rings (SSSR count). The zero-order valence-electron chi connectivity index (χ0n) is 5.76. The fraction of sp³-hybridized carbons (Fsp3) is 0. The predicted molar refractivity (Wildman–Crippen MR) is 61.7 cm³/mol. The minimum absolute atomic E-state index is 0.0532. The lowest BCUT2D eigenvalue weighted by Gasteiger charge is -2.05. The van der Waals surface area contributed by atoms with Crippen molar-refractivity contribution in [3.05, 3.63) is 25.1 Å². The molecule has 1 aromatic rings. The van der Waals surface area contributed by atoms with E-state index in [0.717, 1.165) is 0 Å². The highest BCUT2D eigenvalue weighted by Crippen LogP contribution is 2.12. The van der Waals surface area contributed by atoms with Crippen LogP contribution in [0.25, 0.3) is 0 Å². The number of hydrogen-bond acceptors (Lipinski definition) is 2. The smallest absolute Gasteiger partial charge is 0.423 e. The minimum Gasteiger partial charge on any atom is -0.423 e. The van der Waals surface area contributed by atoms with Crippen LogP contribution >= 0.6 is 45.2 Å². The third-order valence-electron chi connectivity index (χ3n) is 1.34. The monoisotopic (exact) mass is 392 g/mol. The lowest BCUT2D eigenvalue weighted by Crippen LogP contribution is -2.35. The molecule has 0 aliphatic rings. The van der Waals surface area contributed by atoms with Crippen LogP contribution in [0.3, 0.4) is 0 Å². The van der Waals surface area contributed by atoms with E-state index in [1.165, 1.54) is 0 Å². The molecule has 0 spiro atoms. The summed E-state index contributed by atoms with van der Waals surface area (Å²) in [5, 5.41) is 17.6. The van der Waals surface area contributed by atoms with Crippen molar-refractivity contribution in [3.63, 3.8) is 0 Å². The summed E-state index contributed by atoms with van der Waals surface area (Å²) in [6.07, 6.45) is 0. The number of rotatable bonds is 1. The van der Waals surface area contributed by atoms with Gasteiger partial charge in [0.2, 0.25) is 0 Å². The van der Waals surface area contributed by atoms with E-state index in [1.807, 2.05) is 22.6 Å². The van der Waals surface area contributed by atoms with Crippen LogP contribution in [0.4, 0.5) is 4.39 Å². The first-order valence-electron chi connectivity index (χ1n) is 3.03. The van der Waals surface area contributed by atoms with Crippen LogP contribution in [0.1, 0.15) is 0 Å². The second kappa shape index (κ2) is 4.20. The second-order valence-electron chi connectivity index (χ2n) is 2.13. The molecule has 0 aliphatic carbocycles. The topological polar surface area (TPSA) is 40.5 Å². The molecule has 0 fully saturated rings. The first-order valence-corrected chi connectivity index (χ1v) is 5.19. The van der Waals surface area contributed by atoms with Gasteiger partial charge >= 0.3 is 7.12 Å². The van der Waals surface area contributed by atoms with Gasteiger partial charge in [-0.1, -0.05) is 0 Å². The molecule has 0 unspecified atom stereocenters. The lowest BCUT2D eigenvalue weighted by atomic mass is 9.80. The summed E-state index contributed by atoms with van der Waals surface area (Å²) in [4.78, 5) is 0. The SMILES string of the molecule is OB(O)c1c(I)ccc(I)c1F. The molecule has 0 aliphatic heterocycles. The van der Waals surface area contributed by atoms with Crippen LogP contribution in [-0.4, -0.2) is 17.2 Å². The van der Waals surface area contributed by atoms with Crippen molar-refractivity contribution < 1.29 is 14.4 Å². The summed E-state index contributed by atoms with van der Waals surface area (Å²) in [7, 11) is -1.74. The van der Waals surface area contributed by atoms with Gasteiger partial charge in [-0.05, 0) is 57.3 Å². The predicted octanol–water partition coefficient (Wildman–Crippen LogP) is 0.715. The van der Waals surface area contributed by atoms with Gasteiger partial charge in [-0.25, -0.2) is 4.39 Å². The Balaban J connectivity index is 3.33. The average Bonchev–Trinajstić information content (AvgIpc) is 1.97. The van der Waals surface area contributed by atoms with Gasteiger partial charge in [0, 0.05) is 12.6 Å². The largest absolute Gasteiger partial charge is 0.492 e. The Kier molecular flexibility index (Phi) is 3.74. The molecule has 6 heteroatoms. The van der Waals surface area contributed by atoms with E-state index in [-0.39, 0.29) is 5.46 Å². The lowest BCUT2D eigenvalue weighted by molar-refractivity contribution is 0.422. The first kappa shape index (κ1) is 10.7. The van der Waals surface area contributed by atoms with Gasteiger partial charge < -0.3 is 10.0 Å². The molecule has 0 atom stereocenters. The first-order chi connectivity index (χ1) is 5.54. The fourth-order valence-electron chi connectivity index (χ4n) is 0.779. The molecule has 2 N–H and O–H groups in total. The Bertz CT molecular complexity index is 306. The summed E-state index contributed by atoms with van der Waals surface area (Å²) in [6.45, 7) is 0. The van der Waals surface area contributed by atoms with Crippen molar-refractivity contribution in [3.8, 4) is 0 Å². The number of halogens is 3. The molecule has 64 valence electrons. The molecule has 12 heavy (non-hydrogen) atoms. The zero-order valence-corrected chi connectivity index (χ0v) is 10.1. The van der Waals surface area contributed by atoms with Gasteiger partial charge in [0.05, 0.1) is 0 Å². The minimum atomic E-state index is -1.74. The van der Waals surface area contributed by atoms with E-state index in [4.69, 9.17) is 10.0 Å². The maximum Gasteiger partial charge on any atom is 0.492 e. The fourth-order valence-corrected chi connectivity index (χ4v) is 1.94. The van der Waals surface area contributed by atoms with Crippen molar-refractivity contribution >= 4 is 57.8 Å². The molecular weight excluding hydrogens is 388 g/mol. The van der Waals surface area contributed by atoms with Gasteiger partial charge in [-0.3, -0.25) is 0 Å². The molecule has 0 bridgehead atoms. The Hall–Kier alpha value is 0.595. The molecule has 1 aromatic carbocycles. The molecule has 2 nitrogen and oxygen atoms in total. The van der Waals surface area contributed by atoms with Crippen LogP contribution in [0, 0.1) is 13.0 Å². The quantitative estimate of drug-likeness (QED) is 0.421. The maximum atomic E-state index is 13.2. The van der Waals surface area contributed by atoms with Gasteiger partial charge in [0.25, 0.3) is 0 Å². The Morgan fingerprint density at radius 1 is 1.17 bits per heavy atom. The van der Waals surface area contributed by atoms with E-state index < -0.39 is 12.9 Å². The highest BCUT2D eigenvalue weighted by molar-refractivity contribution is 14.1. The molecule has 0 aromatic heterocycles. The van der Waals surface area contributed by atoms with Crippen LogP contribution in [0.5, 0.6) is 0 Å². The van der Waals surface area contributed by atoms with Crippen molar-refractivity contribution in [1.29, 1.82) is 0 Å². The Morgan fingerprint density at radius 2 is 1.67 bits per heavy atom. The van der Waals surface area contributed by atoms with Crippen LogP contribution in [0.15, 0.2) is 12.1 Å². The average molecular weight is 392 g/mol. The maximum absolute atomic E-state index is 13.2. The summed E-state index contributed by atoms with van der Waals surface area (Å²) in [5.41, 5.74) is -0.0532. The van der Waals surface area contributed by atoms with Crippen LogP contribution in [0.2, 0.25) is 0 Å². The molecule has 0 saturated heterocycles. The number of hydrogen-bond donors (Lipinski definition) is 2. The van der Waals surface area contributed by atoms with Crippen molar-refractivity contribution in [2.45, 2.75) is 0 Å². The van der Waals surface area contributed by atoms with Crippen molar-refractivity contribution in [2.24, 2.45) is 0 Å². The van der Waals surface area contributed by atoms with Gasteiger partial charge in [-0.15, -0.1) is 0 Å².